The molecule has 4 rings (SSSR count). The first kappa shape index (κ1) is 30.2. The number of methoxy groups -OCH3 is 1. The molecule has 2 N–H and O–H groups in total. The number of pyridine rings is 1. The van der Waals surface area contributed by atoms with Crippen LogP contribution in [0.1, 0.15) is 49.3 Å². The summed E-state index contributed by atoms with van der Waals surface area (Å²) < 4.78 is 46.2. The Bertz CT molecular complexity index is 1480. The minimum absolute atomic E-state index is 0.0293. The van der Waals surface area contributed by atoms with E-state index in [1.165, 1.54) is 0 Å². The number of ether oxygens (including phenoxy) is 1. The molecule has 0 amide bonds. The standard InChI is InChI=1S/C31H34F3N3O4/c1-36(2)26-19-35-25-7-6-22(41-3)17-23(25)29(26)27(38)8-9-31(18-28(39)40)10-13-37(14-11-31)12-4-5-20-15-21(32)16-24(33)30(20)34/h6-7,15-17,19,27,38H,8-14,18H2,1-3H3,(H,39,40)/t27-/m1/s1. The number of aliphatic hydroxyl groups excluding tert-OH is 1. The maximum atomic E-state index is 13.9. The number of aliphatic carboxylic acids is 1. The second-order valence-electron chi connectivity index (χ2n) is 10.8. The molecule has 41 heavy (non-hydrogen) atoms. The number of anilines is 1. The summed E-state index contributed by atoms with van der Waals surface area (Å²) in [7, 11) is 5.33. The maximum Gasteiger partial charge on any atom is 0.303 e. The van der Waals surface area contributed by atoms with Crippen LogP contribution in [0.15, 0.2) is 36.5 Å². The molecule has 2 heterocycles. The van der Waals surface area contributed by atoms with Gasteiger partial charge < -0.3 is 19.8 Å². The lowest BCUT2D eigenvalue weighted by Crippen LogP contribution is -2.41. The summed E-state index contributed by atoms with van der Waals surface area (Å²) >= 11 is 0. The number of carboxylic acids is 1. The fraction of sp³-hybridized carbons (Fsp3) is 0.419. The van der Waals surface area contributed by atoms with E-state index in [0.29, 0.717) is 50.6 Å². The minimum atomic E-state index is -1.29. The predicted molar refractivity (Wildman–Crippen MR) is 150 cm³/mol. The quantitative estimate of drug-likeness (QED) is 0.272. The largest absolute Gasteiger partial charge is 0.497 e. The average molecular weight is 570 g/mol. The number of aromatic nitrogens is 1. The fourth-order valence-electron chi connectivity index (χ4n) is 5.52. The molecule has 0 spiro atoms. The van der Waals surface area contributed by atoms with Gasteiger partial charge in [-0.15, -0.1) is 0 Å². The molecule has 0 saturated carbocycles. The van der Waals surface area contributed by atoms with Crippen LogP contribution in [-0.4, -0.2) is 66.9 Å². The van der Waals surface area contributed by atoms with Crippen molar-refractivity contribution >= 4 is 22.6 Å². The van der Waals surface area contributed by atoms with Crippen molar-refractivity contribution in [2.45, 2.75) is 38.2 Å². The Labute approximate surface area is 237 Å². The highest BCUT2D eigenvalue weighted by Gasteiger charge is 2.37. The summed E-state index contributed by atoms with van der Waals surface area (Å²) in [5, 5.41) is 22.0. The highest BCUT2D eigenvalue weighted by molar-refractivity contribution is 5.88. The lowest BCUT2D eigenvalue weighted by Gasteiger charge is -2.41. The molecule has 1 fully saturated rings. The smallest absolute Gasteiger partial charge is 0.303 e. The predicted octanol–water partition coefficient (Wildman–Crippen LogP) is 5.15. The van der Waals surface area contributed by atoms with Gasteiger partial charge in [0.15, 0.2) is 11.6 Å². The molecule has 10 heteroatoms. The van der Waals surface area contributed by atoms with Crippen LogP contribution < -0.4 is 9.64 Å². The van der Waals surface area contributed by atoms with E-state index >= 15 is 0 Å². The van der Waals surface area contributed by atoms with Gasteiger partial charge in [0.25, 0.3) is 0 Å². The van der Waals surface area contributed by atoms with Crippen molar-refractivity contribution in [3.8, 4) is 17.6 Å². The molecule has 1 atom stereocenters. The number of rotatable bonds is 9. The summed E-state index contributed by atoms with van der Waals surface area (Å²) in [6.07, 6.45) is 2.83. The van der Waals surface area contributed by atoms with Gasteiger partial charge >= 0.3 is 5.97 Å². The minimum Gasteiger partial charge on any atom is -0.497 e. The fourth-order valence-corrected chi connectivity index (χ4v) is 5.52. The number of piperidine rings is 1. The van der Waals surface area contributed by atoms with Gasteiger partial charge in [-0.3, -0.25) is 14.7 Å². The van der Waals surface area contributed by atoms with E-state index in [1.54, 1.807) is 13.3 Å². The van der Waals surface area contributed by atoms with Crippen molar-refractivity contribution in [1.29, 1.82) is 0 Å². The summed E-state index contributed by atoms with van der Waals surface area (Å²) in [5.41, 5.74) is 1.35. The zero-order valence-electron chi connectivity index (χ0n) is 23.4. The molecule has 1 aliphatic rings. The van der Waals surface area contributed by atoms with Crippen LogP contribution >= 0.6 is 0 Å². The van der Waals surface area contributed by atoms with Gasteiger partial charge in [0, 0.05) is 31.1 Å². The van der Waals surface area contributed by atoms with Crippen LogP contribution in [0.3, 0.4) is 0 Å². The number of nitrogens with zero attached hydrogens (tertiary/aromatic N) is 3. The van der Waals surface area contributed by atoms with Gasteiger partial charge in [0.1, 0.15) is 11.6 Å². The van der Waals surface area contributed by atoms with Crippen molar-refractivity contribution in [3.63, 3.8) is 0 Å². The van der Waals surface area contributed by atoms with E-state index in [1.807, 2.05) is 42.1 Å². The van der Waals surface area contributed by atoms with E-state index in [9.17, 15) is 28.2 Å². The molecule has 0 unspecified atom stereocenters. The van der Waals surface area contributed by atoms with Crippen molar-refractivity contribution in [3.05, 3.63) is 65.1 Å². The number of hydrogen-bond donors (Lipinski definition) is 2. The molecule has 2 aromatic carbocycles. The number of fused-ring (bicyclic) bond motifs is 1. The van der Waals surface area contributed by atoms with Crippen LogP contribution in [0, 0.1) is 34.7 Å². The van der Waals surface area contributed by atoms with E-state index < -0.39 is 34.9 Å². The first-order chi connectivity index (χ1) is 19.5. The molecule has 3 aromatic rings. The molecular weight excluding hydrogens is 535 g/mol. The van der Waals surface area contributed by atoms with Gasteiger partial charge in [0.05, 0.1) is 49.1 Å². The molecule has 0 aliphatic carbocycles. The highest BCUT2D eigenvalue weighted by Crippen LogP contribution is 2.43. The summed E-state index contributed by atoms with van der Waals surface area (Å²) in [4.78, 5) is 20.3. The number of hydrogen-bond acceptors (Lipinski definition) is 6. The van der Waals surface area contributed by atoms with Gasteiger partial charge in [-0.05, 0) is 68.5 Å². The van der Waals surface area contributed by atoms with Crippen LogP contribution in [0.2, 0.25) is 0 Å². The highest BCUT2D eigenvalue weighted by atomic mass is 19.2. The third kappa shape index (κ3) is 7.10. The molecule has 1 aromatic heterocycles. The zero-order valence-corrected chi connectivity index (χ0v) is 23.4. The summed E-state index contributed by atoms with van der Waals surface area (Å²) in [5.74, 6) is 1.65. The number of benzene rings is 2. The molecular formula is C31H34F3N3O4. The number of carbonyl (C=O) groups is 1. The average Bonchev–Trinajstić information content (AvgIpc) is 2.94. The third-order valence-corrected chi connectivity index (χ3v) is 7.82. The molecule has 1 saturated heterocycles. The normalized spacial score (nSPS) is 15.7. The Kier molecular flexibility index (Phi) is 9.41. The lowest BCUT2D eigenvalue weighted by atomic mass is 9.71. The second kappa shape index (κ2) is 12.8. The van der Waals surface area contributed by atoms with Gasteiger partial charge in [-0.1, -0.05) is 11.8 Å². The number of carboxylic acid groups (broad SMARTS) is 1. The Hall–Kier alpha value is -3.81. The van der Waals surface area contributed by atoms with Crippen LogP contribution in [0.4, 0.5) is 18.9 Å². The van der Waals surface area contributed by atoms with Gasteiger partial charge in [-0.2, -0.15) is 0 Å². The number of likely N-dealkylation sites (tertiary alicyclic amines) is 1. The molecule has 1 aliphatic heterocycles. The zero-order chi connectivity index (χ0) is 29.7. The Balaban J connectivity index is 1.48. The first-order valence-corrected chi connectivity index (χ1v) is 13.4. The first-order valence-electron chi connectivity index (χ1n) is 13.4. The topological polar surface area (TPSA) is 86.1 Å². The van der Waals surface area contributed by atoms with E-state index in [-0.39, 0.29) is 18.5 Å². The Morgan fingerprint density at radius 3 is 2.59 bits per heavy atom. The molecule has 0 bridgehead atoms. The van der Waals surface area contributed by atoms with Gasteiger partial charge in [0.2, 0.25) is 0 Å². The molecule has 0 radical (unpaired) electrons. The molecule has 218 valence electrons. The van der Waals surface area contributed by atoms with Crippen molar-refractivity contribution in [2.75, 3.05) is 45.7 Å². The van der Waals surface area contributed by atoms with E-state index in [4.69, 9.17) is 4.74 Å². The van der Waals surface area contributed by atoms with Gasteiger partial charge in [-0.25, -0.2) is 13.2 Å². The number of halogens is 3. The summed E-state index contributed by atoms with van der Waals surface area (Å²) in [6, 6.07) is 6.83. The van der Waals surface area contributed by atoms with Crippen molar-refractivity contribution in [1.82, 2.24) is 9.88 Å². The van der Waals surface area contributed by atoms with Crippen LogP contribution in [-0.2, 0) is 4.79 Å². The third-order valence-electron chi connectivity index (χ3n) is 7.82. The van der Waals surface area contributed by atoms with Crippen molar-refractivity contribution in [2.24, 2.45) is 5.41 Å². The summed E-state index contributed by atoms with van der Waals surface area (Å²) in [6.45, 7) is 1.35. The lowest BCUT2D eigenvalue weighted by molar-refractivity contribution is -0.141. The Morgan fingerprint density at radius 1 is 1.20 bits per heavy atom. The molecule has 7 nitrogen and oxygen atoms in total. The van der Waals surface area contributed by atoms with Crippen LogP contribution in [0.5, 0.6) is 5.75 Å². The Morgan fingerprint density at radius 2 is 1.93 bits per heavy atom. The van der Waals surface area contributed by atoms with E-state index in [2.05, 4.69) is 16.8 Å². The van der Waals surface area contributed by atoms with Crippen LogP contribution in [0.25, 0.3) is 10.9 Å². The monoisotopic (exact) mass is 569 g/mol. The SMILES string of the molecule is COc1ccc2ncc(N(C)C)c([C@H](O)CCC3(CC(=O)O)CCN(CC#Cc4cc(F)cc(F)c4F)CC3)c2c1. The maximum absolute atomic E-state index is 13.9. The van der Waals surface area contributed by atoms with E-state index in [0.717, 1.165) is 28.2 Å². The second-order valence-corrected chi connectivity index (χ2v) is 10.8. The van der Waals surface area contributed by atoms with Crippen molar-refractivity contribution < 1.29 is 32.9 Å². The number of aliphatic hydroxyl groups is 1.